The largest absolute Gasteiger partial charge is 0.506 e. The van der Waals surface area contributed by atoms with Crippen molar-refractivity contribution >= 4 is 11.6 Å². The van der Waals surface area contributed by atoms with E-state index < -0.39 is 0 Å². The van der Waals surface area contributed by atoms with Gasteiger partial charge in [-0.15, -0.1) is 6.58 Å². The number of hydrogen-bond donors (Lipinski definition) is 2. The molecule has 15 heavy (non-hydrogen) atoms. The minimum atomic E-state index is -0.176. The van der Waals surface area contributed by atoms with E-state index in [2.05, 4.69) is 6.58 Å². The Morgan fingerprint density at radius 2 is 2.33 bits per heavy atom. The van der Waals surface area contributed by atoms with E-state index in [1.54, 1.807) is 19.2 Å². The lowest BCUT2D eigenvalue weighted by Gasteiger charge is -2.15. The maximum absolute atomic E-state index is 11.7. The third-order valence-corrected chi connectivity index (χ3v) is 2.03. The van der Waals surface area contributed by atoms with Gasteiger partial charge >= 0.3 is 0 Å². The summed E-state index contributed by atoms with van der Waals surface area (Å²) in [6, 6.07) is 4.44. The van der Waals surface area contributed by atoms with Crippen LogP contribution >= 0.6 is 0 Å². The highest BCUT2D eigenvalue weighted by molar-refractivity contribution is 5.95. The molecule has 80 valence electrons. The molecule has 0 aliphatic carbocycles. The first-order valence-electron chi connectivity index (χ1n) is 4.51. The molecule has 4 heteroatoms. The Balaban J connectivity index is 2.91. The van der Waals surface area contributed by atoms with E-state index in [0.717, 1.165) is 0 Å². The summed E-state index contributed by atoms with van der Waals surface area (Å²) in [5.74, 6) is -0.252. The molecule has 0 saturated heterocycles. The van der Waals surface area contributed by atoms with Crippen LogP contribution in [0.4, 0.5) is 5.69 Å². The number of benzene rings is 1. The monoisotopic (exact) mass is 206 g/mol. The highest BCUT2D eigenvalue weighted by Gasteiger charge is 2.11. The van der Waals surface area contributed by atoms with Crippen molar-refractivity contribution in [1.82, 2.24) is 4.90 Å². The predicted octanol–water partition coefficient (Wildman–Crippen LogP) is 1.23. The summed E-state index contributed by atoms with van der Waals surface area (Å²) in [6.45, 7) is 4.01. The van der Waals surface area contributed by atoms with E-state index in [4.69, 9.17) is 5.73 Å². The third-order valence-electron chi connectivity index (χ3n) is 2.03. The van der Waals surface area contributed by atoms with E-state index in [1.165, 1.54) is 17.0 Å². The summed E-state index contributed by atoms with van der Waals surface area (Å²) in [4.78, 5) is 13.2. The molecule has 0 spiro atoms. The quantitative estimate of drug-likeness (QED) is 0.444. The van der Waals surface area contributed by atoms with Crippen LogP contribution in [0.3, 0.4) is 0 Å². The van der Waals surface area contributed by atoms with Crippen molar-refractivity contribution in [1.29, 1.82) is 0 Å². The molecule has 0 aromatic heterocycles. The Hall–Kier alpha value is -1.97. The van der Waals surface area contributed by atoms with Gasteiger partial charge < -0.3 is 15.7 Å². The van der Waals surface area contributed by atoms with Crippen LogP contribution < -0.4 is 5.73 Å². The smallest absolute Gasteiger partial charge is 0.254 e. The molecule has 0 fully saturated rings. The minimum Gasteiger partial charge on any atom is -0.506 e. The molecule has 1 rings (SSSR count). The van der Waals surface area contributed by atoms with Gasteiger partial charge in [-0.1, -0.05) is 6.08 Å². The number of nitrogen functional groups attached to an aromatic ring is 1. The lowest BCUT2D eigenvalue weighted by molar-refractivity contribution is 0.0810. The van der Waals surface area contributed by atoms with Gasteiger partial charge in [0.15, 0.2) is 0 Å². The van der Waals surface area contributed by atoms with Crippen LogP contribution in [0.25, 0.3) is 0 Å². The molecule has 0 unspecified atom stereocenters. The fourth-order valence-corrected chi connectivity index (χ4v) is 1.17. The van der Waals surface area contributed by atoms with Crippen molar-refractivity contribution in [2.75, 3.05) is 19.3 Å². The number of rotatable bonds is 3. The van der Waals surface area contributed by atoms with Crippen molar-refractivity contribution in [2.45, 2.75) is 0 Å². The summed E-state index contributed by atoms with van der Waals surface area (Å²) in [7, 11) is 1.66. The molecular formula is C11H14N2O2. The molecule has 0 aliphatic rings. The number of carbonyl (C=O) groups is 1. The van der Waals surface area contributed by atoms with Gasteiger partial charge in [-0.3, -0.25) is 4.79 Å². The molecule has 1 aromatic carbocycles. The summed E-state index contributed by atoms with van der Waals surface area (Å²) in [5, 5.41) is 9.34. The fourth-order valence-electron chi connectivity index (χ4n) is 1.17. The zero-order valence-electron chi connectivity index (χ0n) is 8.60. The zero-order chi connectivity index (χ0) is 11.4. The second kappa shape index (κ2) is 4.50. The molecule has 0 saturated carbocycles. The van der Waals surface area contributed by atoms with Gasteiger partial charge in [0.05, 0.1) is 5.69 Å². The van der Waals surface area contributed by atoms with Crippen LogP contribution in [0.15, 0.2) is 30.9 Å². The number of amides is 1. The molecular weight excluding hydrogens is 192 g/mol. The highest BCUT2D eigenvalue weighted by atomic mass is 16.3. The first-order valence-corrected chi connectivity index (χ1v) is 4.51. The number of carbonyl (C=O) groups excluding carboxylic acids is 1. The number of hydrogen-bond acceptors (Lipinski definition) is 3. The highest BCUT2D eigenvalue weighted by Crippen LogP contribution is 2.21. The first-order chi connectivity index (χ1) is 7.06. The Morgan fingerprint density at radius 3 is 2.87 bits per heavy atom. The standard InChI is InChI=1S/C11H14N2O2/c1-3-6-13(2)11(15)8-4-5-9(12)10(14)7-8/h3-5,7,14H,1,6,12H2,2H3. The summed E-state index contributed by atoms with van der Waals surface area (Å²) in [5.41, 5.74) is 6.10. The first kappa shape index (κ1) is 11.1. The van der Waals surface area contributed by atoms with Crippen LogP contribution in [-0.4, -0.2) is 29.5 Å². The molecule has 1 amide bonds. The zero-order valence-corrected chi connectivity index (χ0v) is 8.60. The van der Waals surface area contributed by atoms with E-state index in [0.29, 0.717) is 12.1 Å². The van der Waals surface area contributed by atoms with Gasteiger partial charge in [-0.05, 0) is 18.2 Å². The summed E-state index contributed by atoms with van der Waals surface area (Å²) in [6.07, 6.45) is 1.63. The van der Waals surface area contributed by atoms with Crippen molar-refractivity contribution in [3.05, 3.63) is 36.4 Å². The van der Waals surface area contributed by atoms with Crippen molar-refractivity contribution < 1.29 is 9.90 Å². The summed E-state index contributed by atoms with van der Waals surface area (Å²) < 4.78 is 0. The van der Waals surface area contributed by atoms with E-state index in [1.807, 2.05) is 0 Å². The molecule has 0 bridgehead atoms. The van der Waals surface area contributed by atoms with Gasteiger partial charge in [0.2, 0.25) is 0 Å². The average molecular weight is 206 g/mol. The average Bonchev–Trinajstić information content (AvgIpc) is 2.21. The van der Waals surface area contributed by atoms with Gasteiger partial charge in [0, 0.05) is 19.2 Å². The second-order valence-corrected chi connectivity index (χ2v) is 3.25. The van der Waals surface area contributed by atoms with E-state index >= 15 is 0 Å². The van der Waals surface area contributed by atoms with Crippen LogP contribution in [-0.2, 0) is 0 Å². The fraction of sp³-hybridized carbons (Fsp3) is 0.182. The number of phenols is 1. The summed E-state index contributed by atoms with van der Waals surface area (Å²) >= 11 is 0. The Labute approximate surface area is 88.6 Å². The van der Waals surface area contributed by atoms with Crippen molar-refractivity contribution in [3.63, 3.8) is 0 Å². The topological polar surface area (TPSA) is 66.6 Å². The number of nitrogens with two attached hydrogens (primary N) is 1. The molecule has 4 nitrogen and oxygen atoms in total. The number of anilines is 1. The Morgan fingerprint density at radius 1 is 1.67 bits per heavy atom. The van der Waals surface area contributed by atoms with Crippen LogP contribution in [0.1, 0.15) is 10.4 Å². The van der Waals surface area contributed by atoms with E-state index in [9.17, 15) is 9.90 Å². The maximum Gasteiger partial charge on any atom is 0.254 e. The lowest BCUT2D eigenvalue weighted by Crippen LogP contribution is -2.26. The molecule has 3 N–H and O–H groups in total. The van der Waals surface area contributed by atoms with E-state index in [-0.39, 0.29) is 17.3 Å². The van der Waals surface area contributed by atoms with Gasteiger partial charge in [-0.25, -0.2) is 0 Å². The molecule has 0 atom stereocenters. The third kappa shape index (κ3) is 2.49. The number of nitrogens with zero attached hydrogens (tertiary/aromatic N) is 1. The number of phenolic OH excluding ortho intramolecular Hbond substituents is 1. The minimum absolute atomic E-state index is 0.0761. The molecule has 0 radical (unpaired) electrons. The number of likely N-dealkylation sites (N-methyl/N-ethyl adjacent to an activating group) is 1. The van der Waals surface area contributed by atoms with Gasteiger partial charge in [0.1, 0.15) is 5.75 Å². The SMILES string of the molecule is C=CCN(C)C(=O)c1ccc(N)c(O)c1. The Bertz CT molecular complexity index is 388. The number of aromatic hydroxyl groups is 1. The predicted molar refractivity (Wildman–Crippen MR) is 59.7 cm³/mol. The lowest BCUT2D eigenvalue weighted by atomic mass is 10.1. The van der Waals surface area contributed by atoms with Crippen LogP contribution in [0.5, 0.6) is 5.75 Å². The molecule has 0 heterocycles. The normalized spacial score (nSPS) is 9.67. The molecule has 0 aliphatic heterocycles. The van der Waals surface area contributed by atoms with Crippen LogP contribution in [0, 0.1) is 0 Å². The maximum atomic E-state index is 11.7. The van der Waals surface area contributed by atoms with Gasteiger partial charge in [-0.2, -0.15) is 0 Å². The van der Waals surface area contributed by atoms with Crippen molar-refractivity contribution in [2.24, 2.45) is 0 Å². The van der Waals surface area contributed by atoms with Crippen molar-refractivity contribution in [3.8, 4) is 5.75 Å². The Kier molecular flexibility index (Phi) is 3.33. The van der Waals surface area contributed by atoms with Crippen LogP contribution in [0.2, 0.25) is 0 Å². The van der Waals surface area contributed by atoms with Gasteiger partial charge in [0.25, 0.3) is 5.91 Å². The molecule has 1 aromatic rings. The second-order valence-electron chi connectivity index (χ2n) is 3.25.